The van der Waals surface area contributed by atoms with Crippen LogP contribution in [0.15, 0.2) is 30.6 Å². The lowest BCUT2D eigenvalue weighted by Crippen LogP contribution is -1.99. The van der Waals surface area contributed by atoms with Gasteiger partial charge in [-0.1, -0.05) is 6.92 Å². The highest BCUT2D eigenvalue weighted by Crippen LogP contribution is 2.22. The predicted octanol–water partition coefficient (Wildman–Crippen LogP) is 2.85. The van der Waals surface area contributed by atoms with E-state index >= 15 is 0 Å². The van der Waals surface area contributed by atoms with Crippen molar-refractivity contribution in [1.29, 1.82) is 0 Å². The number of nitrogens with zero attached hydrogens (tertiary/aromatic N) is 2. The summed E-state index contributed by atoms with van der Waals surface area (Å²) in [5, 5.41) is 0. The smallest absolute Gasteiger partial charge is 0.139 e. The maximum Gasteiger partial charge on any atom is 0.139 e. The van der Waals surface area contributed by atoms with Crippen molar-refractivity contribution in [1.82, 2.24) is 9.55 Å². The summed E-state index contributed by atoms with van der Waals surface area (Å²) in [6.45, 7) is 5.20. The third-order valence-corrected chi connectivity index (χ3v) is 2.54. The molecule has 2 N–H and O–H groups in total. The Balaban J connectivity index is 2.45. The van der Waals surface area contributed by atoms with E-state index in [1.165, 1.54) is 5.56 Å². The van der Waals surface area contributed by atoms with Gasteiger partial charge in [-0.3, -0.25) is 0 Å². The summed E-state index contributed by atoms with van der Waals surface area (Å²) in [5.74, 6) is 0.997. The van der Waals surface area contributed by atoms with Gasteiger partial charge >= 0.3 is 0 Å². The summed E-state index contributed by atoms with van der Waals surface area (Å²) in [4.78, 5) is 4.39. The first kappa shape index (κ1) is 10.7. The van der Waals surface area contributed by atoms with E-state index in [9.17, 15) is 0 Å². The highest BCUT2D eigenvalue weighted by molar-refractivity contribution is 5.63. The van der Waals surface area contributed by atoms with Gasteiger partial charge in [0.25, 0.3) is 0 Å². The monoisotopic (exact) mass is 215 g/mol. The predicted molar refractivity (Wildman–Crippen MR) is 67.1 cm³/mol. The number of rotatable bonds is 3. The molecule has 16 heavy (non-hydrogen) atoms. The summed E-state index contributed by atoms with van der Waals surface area (Å²) < 4.78 is 2.16. The topological polar surface area (TPSA) is 43.8 Å². The molecule has 0 saturated heterocycles. The summed E-state index contributed by atoms with van der Waals surface area (Å²) in [6, 6.07) is 6.06. The van der Waals surface area contributed by atoms with Crippen LogP contribution in [0.3, 0.4) is 0 Å². The van der Waals surface area contributed by atoms with Gasteiger partial charge in [-0.2, -0.15) is 0 Å². The second-order valence-electron chi connectivity index (χ2n) is 4.08. The van der Waals surface area contributed by atoms with Crippen LogP contribution in [0, 0.1) is 6.92 Å². The van der Waals surface area contributed by atoms with Crippen molar-refractivity contribution in [3.05, 3.63) is 36.2 Å². The lowest BCUT2D eigenvalue weighted by atomic mass is 10.1. The molecule has 0 radical (unpaired) electrons. The molecule has 0 bridgehead atoms. The second kappa shape index (κ2) is 4.39. The molecular weight excluding hydrogens is 198 g/mol. The number of aryl methyl sites for hydroxylation is 2. The van der Waals surface area contributed by atoms with Gasteiger partial charge < -0.3 is 10.3 Å². The molecular formula is C13H17N3. The second-order valence-corrected chi connectivity index (χ2v) is 4.08. The maximum absolute atomic E-state index is 5.85. The fourth-order valence-corrected chi connectivity index (χ4v) is 1.93. The summed E-state index contributed by atoms with van der Waals surface area (Å²) >= 11 is 0. The van der Waals surface area contributed by atoms with Crippen molar-refractivity contribution < 1.29 is 0 Å². The molecule has 1 aromatic heterocycles. The Morgan fingerprint density at radius 3 is 2.81 bits per heavy atom. The minimum Gasteiger partial charge on any atom is -0.399 e. The number of anilines is 1. The molecule has 0 aliphatic rings. The first-order chi connectivity index (χ1) is 7.70. The van der Waals surface area contributed by atoms with Crippen LogP contribution in [0.25, 0.3) is 11.4 Å². The molecule has 2 aromatic rings. The summed E-state index contributed by atoms with van der Waals surface area (Å²) in [7, 11) is 0. The van der Waals surface area contributed by atoms with Gasteiger partial charge in [0, 0.05) is 30.2 Å². The number of nitrogen functional groups attached to an aromatic ring is 1. The highest BCUT2D eigenvalue weighted by Gasteiger charge is 2.06. The molecule has 0 atom stereocenters. The zero-order chi connectivity index (χ0) is 11.5. The van der Waals surface area contributed by atoms with Crippen molar-refractivity contribution in [2.75, 3.05) is 5.73 Å². The zero-order valence-corrected chi connectivity index (χ0v) is 9.77. The van der Waals surface area contributed by atoms with Crippen molar-refractivity contribution in [3.8, 4) is 11.4 Å². The van der Waals surface area contributed by atoms with Gasteiger partial charge in [0.1, 0.15) is 5.82 Å². The van der Waals surface area contributed by atoms with Crippen LogP contribution < -0.4 is 5.73 Å². The lowest BCUT2D eigenvalue weighted by Gasteiger charge is -2.08. The van der Waals surface area contributed by atoms with Gasteiger partial charge in [-0.25, -0.2) is 4.98 Å². The molecule has 0 saturated carbocycles. The number of hydrogen-bond acceptors (Lipinski definition) is 2. The normalized spacial score (nSPS) is 10.6. The van der Waals surface area contributed by atoms with E-state index in [-0.39, 0.29) is 0 Å². The lowest BCUT2D eigenvalue weighted by molar-refractivity contribution is 0.685. The van der Waals surface area contributed by atoms with Crippen LogP contribution in [0.5, 0.6) is 0 Å². The molecule has 0 aliphatic heterocycles. The van der Waals surface area contributed by atoms with E-state index in [2.05, 4.69) is 22.5 Å². The molecule has 3 nitrogen and oxygen atoms in total. The van der Waals surface area contributed by atoms with E-state index < -0.39 is 0 Å². The average molecular weight is 215 g/mol. The summed E-state index contributed by atoms with van der Waals surface area (Å²) in [6.07, 6.45) is 4.95. The van der Waals surface area contributed by atoms with Crippen molar-refractivity contribution in [2.24, 2.45) is 0 Å². The van der Waals surface area contributed by atoms with Gasteiger partial charge in [-0.05, 0) is 37.1 Å². The van der Waals surface area contributed by atoms with Crippen molar-refractivity contribution >= 4 is 5.69 Å². The first-order valence-corrected chi connectivity index (χ1v) is 5.59. The Morgan fingerprint density at radius 1 is 1.31 bits per heavy atom. The fourth-order valence-electron chi connectivity index (χ4n) is 1.93. The number of imidazole rings is 1. The van der Waals surface area contributed by atoms with E-state index in [4.69, 9.17) is 5.73 Å². The number of benzene rings is 1. The van der Waals surface area contributed by atoms with Gasteiger partial charge in [-0.15, -0.1) is 0 Å². The summed E-state index contributed by atoms with van der Waals surface area (Å²) in [5.41, 5.74) is 8.91. The van der Waals surface area contributed by atoms with Crippen molar-refractivity contribution in [3.63, 3.8) is 0 Å². The molecule has 0 aliphatic carbocycles. The third kappa shape index (κ3) is 2.08. The Hall–Kier alpha value is -1.77. The maximum atomic E-state index is 5.85. The minimum atomic E-state index is 0.793. The highest BCUT2D eigenvalue weighted by atomic mass is 15.1. The van der Waals surface area contributed by atoms with Gasteiger partial charge in [0.05, 0.1) is 0 Å². The fraction of sp³-hybridized carbons (Fsp3) is 0.308. The van der Waals surface area contributed by atoms with Crippen LogP contribution in [0.4, 0.5) is 5.69 Å². The van der Waals surface area contributed by atoms with E-state index in [0.717, 1.165) is 30.0 Å². The SMILES string of the molecule is CCCn1ccnc1-c1cc(C)cc(N)c1. The average Bonchev–Trinajstić information content (AvgIpc) is 2.65. The standard InChI is InChI=1S/C13H17N3/c1-3-5-16-6-4-15-13(16)11-7-10(2)8-12(14)9-11/h4,6-9H,3,5,14H2,1-2H3. The molecule has 0 amide bonds. The molecule has 0 spiro atoms. The van der Waals surface area contributed by atoms with Crippen molar-refractivity contribution in [2.45, 2.75) is 26.8 Å². The molecule has 3 heteroatoms. The number of nitrogens with two attached hydrogens (primary N) is 1. The molecule has 1 heterocycles. The third-order valence-electron chi connectivity index (χ3n) is 2.54. The van der Waals surface area contributed by atoms with Crippen LogP contribution in [-0.2, 0) is 6.54 Å². The van der Waals surface area contributed by atoms with Crippen LogP contribution >= 0.6 is 0 Å². The van der Waals surface area contributed by atoms with Crippen LogP contribution in [0.1, 0.15) is 18.9 Å². The molecule has 1 aromatic carbocycles. The Bertz CT molecular complexity index is 465. The van der Waals surface area contributed by atoms with Crippen LogP contribution in [-0.4, -0.2) is 9.55 Å². The minimum absolute atomic E-state index is 0.793. The molecule has 0 fully saturated rings. The Kier molecular flexibility index (Phi) is 2.95. The molecule has 0 unspecified atom stereocenters. The van der Waals surface area contributed by atoms with E-state index in [1.54, 1.807) is 0 Å². The largest absolute Gasteiger partial charge is 0.399 e. The number of hydrogen-bond donors (Lipinski definition) is 1. The quantitative estimate of drug-likeness (QED) is 0.800. The van der Waals surface area contributed by atoms with Crippen LogP contribution in [0.2, 0.25) is 0 Å². The Morgan fingerprint density at radius 2 is 2.12 bits per heavy atom. The van der Waals surface area contributed by atoms with E-state index in [1.807, 2.05) is 31.5 Å². The van der Waals surface area contributed by atoms with Gasteiger partial charge in [0.2, 0.25) is 0 Å². The number of aromatic nitrogens is 2. The first-order valence-electron chi connectivity index (χ1n) is 5.59. The zero-order valence-electron chi connectivity index (χ0n) is 9.77. The molecule has 2 rings (SSSR count). The molecule has 84 valence electrons. The van der Waals surface area contributed by atoms with Gasteiger partial charge in [0.15, 0.2) is 0 Å². The van der Waals surface area contributed by atoms with E-state index in [0.29, 0.717) is 0 Å². The Labute approximate surface area is 95.9 Å².